The van der Waals surface area contributed by atoms with Crippen molar-refractivity contribution in [3.8, 4) is 0 Å². The fourth-order valence-corrected chi connectivity index (χ4v) is 2.92. The number of hydrogen-bond donors (Lipinski definition) is 3. The number of primary amides is 1. The Morgan fingerprint density at radius 2 is 1.45 bits per heavy atom. The molecule has 2 aromatic rings. The number of alkyl halides is 3. The molecule has 4 N–H and O–H groups in total. The maximum Gasteiger partial charge on any atom is 0.416 e. The van der Waals surface area contributed by atoms with Gasteiger partial charge in [-0.05, 0) is 30.2 Å². The van der Waals surface area contributed by atoms with Gasteiger partial charge in [0.15, 0.2) is 0 Å². The fourth-order valence-electron chi connectivity index (χ4n) is 2.92. The maximum absolute atomic E-state index is 12.6. The van der Waals surface area contributed by atoms with Gasteiger partial charge in [-0.15, -0.1) is 0 Å². The molecule has 166 valence electrons. The van der Waals surface area contributed by atoms with E-state index in [4.69, 9.17) is 5.73 Å². The fraction of sp³-hybridized carbons (Fsp3) is 0.318. The number of carbonyl (C=O) groups is 3. The molecule has 0 saturated heterocycles. The van der Waals surface area contributed by atoms with Gasteiger partial charge < -0.3 is 16.4 Å². The predicted molar refractivity (Wildman–Crippen MR) is 109 cm³/mol. The second kappa shape index (κ2) is 10.6. The highest BCUT2D eigenvalue weighted by molar-refractivity contribution is 5.88. The lowest BCUT2D eigenvalue weighted by atomic mass is 10.0. The molecule has 2 aromatic carbocycles. The zero-order chi connectivity index (χ0) is 23.0. The number of carbonyl (C=O) groups excluding carboxylic acids is 3. The maximum atomic E-state index is 12.6. The van der Waals surface area contributed by atoms with Crippen molar-refractivity contribution in [2.75, 3.05) is 0 Å². The molecule has 0 spiro atoms. The Bertz CT molecular complexity index is 900. The molecule has 2 atom stereocenters. The lowest BCUT2D eigenvalue weighted by molar-refractivity contribution is -0.137. The predicted octanol–water partition coefficient (Wildman–Crippen LogP) is 2.88. The Hall–Kier alpha value is -3.36. The van der Waals surface area contributed by atoms with Gasteiger partial charge in [0.1, 0.15) is 6.04 Å². The van der Waals surface area contributed by atoms with Crippen LogP contribution in [0, 0.1) is 0 Å². The molecule has 9 heteroatoms. The van der Waals surface area contributed by atoms with Gasteiger partial charge in [-0.25, -0.2) is 0 Å². The van der Waals surface area contributed by atoms with Crippen molar-refractivity contribution in [2.24, 2.45) is 5.73 Å². The third-order valence-electron chi connectivity index (χ3n) is 4.66. The first-order valence-electron chi connectivity index (χ1n) is 9.65. The first-order valence-corrected chi connectivity index (χ1v) is 9.65. The van der Waals surface area contributed by atoms with Crippen molar-refractivity contribution in [1.82, 2.24) is 10.6 Å². The molecule has 0 aliphatic rings. The van der Waals surface area contributed by atoms with Crippen LogP contribution in [0.15, 0.2) is 54.6 Å². The normalized spacial score (nSPS) is 13.2. The number of nitrogens with two attached hydrogens (primary N) is 1. The molecule has 6 nitrogen and oxygen atoms in total. The van der Waals surface area contributed by atoms with Gasteiger partial charge in [-0.3, -0.25) is 14.4 Å². The minimum absolute atomic E-state index is 0.0591. The second-order valence-corrected chi connectivity index (χ2v) is 7.12. The smallest absolute Gasteiger partial charge is 0.368 e. The topological polar surface area (TPSA) is 101 Å². The number of amides is 3. The van der Waals surface area contributed by atoms with Crippen LogP contribution < -0.4 is 16.4 Å². The number of benzene rings is 2. The molecule has 0 aromatic heterocycles. The molecular formula is C22H24F3N3O3. The number of halogens is 3. The standard InChI is InChI=1S/C22H24F3N3O3/c1-14(16-5-3-2-4-6-16)27-19(29)11-12-20(30)28-18(21(26)31)13-15-7-9-17(10-8-15)22(23,24)25/h2-10,14,18H,11-13H2,1H3,(H2,26,31)(H,27,29)(H,28,30)/t14-,18-/m1/s1. The van der Waals surface area contributed by atoms with Crippen LogP contribution in [0.5, 0.6) is 0 Å². The summed E-state index contributed by atoms with van der Waals surface area (Å²) in [5.41, 5.74) is 5.82. The van der Waals surface area contributed by atoms with Crippen LogP contribution in [0.1, 0.15) is 42.5 Å². The molecule has 0 aliphatic carbocycles. The van der Waals surface area contributed by atoms with E-state index in [0.717, 1.165) is 17.7 Å². The molecule has 0 bridgehead atoms. The first-order chi connectivity index (χ1) is 14.6. The van der Waals surface area contributed by atoms with Crippen molar-refractivity contribution in [2.45, 2.75) is 44.4 Å². The van der Waals surface area contributed by atoms with Crippen molar-refractivity contribution >= 4 is 17.7 Å². The highest BCUT2D eigenvalue weighted by atomic mass is 19.4. The van der Waals surface area contributed by atoms with Crippen LogP contribution in [0.25, 0.3) is 0 Å². The first kappa shape index (κ1) is 23.9. The van der Waals surface area contributed by atoms with E-state index in [-0.39, 0.29) is 31.2 Å². The Labute approximate surface area is 178 Å². The average molecular weight is 435 g/mol. The monoisotopic (exact) mass is 435 g/mol. The molecule has 31 heavy (non-hydrogen) atoms. The van der Waals surface area contributed by atoms with E-state index in [1.165, 1.54) is 12.1 Å². The summed E-state index contributed by atoms with van der Waals surface area (Å²) in [5.74, 6) is -1.71. The van der Waals surface area contributed by atoms with E-state index < -0.39 is 29.6 Å². The van der Waals surface area contributed by atoms with Gasteiger partial charge >= 0.3 is 6.18 Å². The highest BCUT2D eigenvalue weighted by Crippen LogP contribution is 2.29. The van der Waals surface area contributed by atoms with E-state index in [9.17, 15) is 27.6 Å². The highest BCUT2D eigenvalue weighted by Gasteiger charge is 2.30. The number of hydrogen-bond acceptors (Lipinski definition) is 3. The van der Waals surface area contributed by atoms with Crippen molar-refractivity contribution < 1.29 is 27.6 Å². The third kappa shape index (κ3) is 7.76. The SMILES string of the molecule is C[C@@H](NC(=O)CCC(=O)N[C@H](Cc1ccc(C(F)(F)F)cc1)C(N)=O)c1ccccc1. The van der Waals surface area contributed by atoms with Gasteiger partial charge in [0.25, 0.3) is 0 Å². The molecule has 0 fully saturated rings. The van der Waals surface area contributed by atoms with E-state index in [0.29, 0.717) is 5.56 Å². The van der Waals surface area contributed by atoms with Gasteiger partial charge in [0, 0.05) is 19.3 Å². The average Bonchev–Trinajstić information content (AvgIpc) is 2.72. The third-order valence-corrected chi connectivity index (χ3v) is 4.66. The molecule has 0 radical (unpaired) electrons. The molecule has 2 rings (SSSR count). The Morgan fingerprint density at radius 1 is 0.903 bits per heavy atom. The van der Waals surface area contributed by atoms with Crippen molar-refractivity contribution in [3.05, 3.63) is 71.3 Å². The number of nitrogens with one attached hydrogen (secondary N) is 2. The molecule has 0 heterocycles. The lowest BCUT2D eigenvalue weighted by Gasteiger charge is -2.17. The minimum atomic E-state index is -4.46. The Balaban J connectivity index is 1.85. The van der Waals surface area contributed by atoms with Gasteiger partial charge in [-0.1, -0.05) is 42.5 Å². The lowest BCUT2D eigenvalue weighted by Crippen LogP contribution is -2.46. The summed E-state index contributed by atoms with van der Waals surface area (Å²) in [6.45, 7) is 1.82. The van der Waals surface area contributed by atoms with Crippen molar-refractivity contribution in [3.63, 3.8) is 0 Å². The van der Waals surface area contributed by atoms with Crippen LogP contribution in [-0.4, -0.2) is 23.8 Å². The molecular weight excluding hydrogens is 411 g/mol. The summed E-state index contributed by atoms with van der Waals surface area (Å²) in [7, 11) is 0. The summed E-state index contributed by atoms with van der Waals surface area (Å²) in [6, 6.07) is 12.2. The largest absolute Gasteiger partial charge is 0.416 e. The second-order valence-electron chi connectivity index (χ2n) is 7.12. The summed E-state index contributed by atoms with van der Waals surface area (Å²) in [4.78, 5) is 35.9. The minimum Gasteiger partial charge on any atom is -0.368 e. The molecule has 3 amide bonds. The van der Waals surface area contributed by atoms with E-state index >= 15 is 0 Å². The van der Waals surface area contributed by atoms with E-state index in [1.54, 1.807) is 0 Å². The van der Waals surface area contributed by atoms with Crippen LogP contribution in [0.3, 0.4) is 0 Å². The molecule has 0 unspecified atom stereocenters. The van der Waals surface area contributed by atoms with Gasteiger partial charge in [-0.2, -0.15) is 13.2 Å². The van der Waals surface area contributed by atoms with Gasteiger partial charge in [0.05, 0.1) is 11.6 Å². The van der Waals surface area contributed by atoms with Crippen LogP contribution in [0.4, 0.5) is 13.2 Å². The summed E-state index contributed by atoms with van der Waals surface area (Å²) < 4.78 is 37.9. The van der Waals surface area contributed by atoms with Crippen molar-refractivity contribution in [1.29, 1.82) is 0 Å². The summed E-state index contributed by atoms with van der Waals surface area (Å²) >= 11 is 0. The number of rotatable bonds is 9. The van der Waals surface area contributed by atoms with Gasteiger partial charge in [0.2, 0.25) is 17.7 Å². The van der Waals surface area contributed by atoms with E-state index in [1.807, 2.05) is 37.3 Å². The van der Waals surface area contributed by atoms with Crippen LogP contribution in [0.2, 0.25) is 0 Å². The van der Waals surface area contributed by atoms with E-state index in [2.05, 4.69) is 10.6 Å². The zero-order valence-electron chi connectivity index (χ0n) is 16.9. The Morgan fingerprint density at radius 3 is 1.97 bits per heavy atom. The summed E-state index contributed by atoms with van der Waals surface area (Å²) in [5, 5.41) is 5.22. The van der Waals surface area contributed by atoms with Crippen LogP contribution >= 0.6 is 0 Å². The zero-order valence-corrected chi connectivity index (χ0v) is 16.9. The molecule has 0 saturated carbocycles. The quantitative estimate of drug-likeness (QED) is 0.565. The Kier molecular flexibility index (Phi) is 8.18. The molecule has 0 aliphatic heterocycles. The van der Waals surface area contributed by atoms with Crippen LogP contribution in [-0.2, 0) is 27.0 Å². The summed E-state index contributed by atoms with van der Waals surface area (Å²) in [6.07, 6.45) is -4.77.